The van der Waals surface area contributed by atoms with Crippen molar-refractivity contribution in [3.8, 4) is 0 Å². The summed E-state index contributed by atoms with van der Waals surface area (Å²) in [6.07, 6.45) is 0.692. The van der Waals surface area contributed by atoms with Crippen LogP contribution in [0.4, 0.5) is 0 Å². The van der Waals surface area contributed by atoms with Crippen molar-refractivity contribution in [1.82, 2.24) is 0 Å². The second-order valence-electron chi connectivity index (χ2n) is 2.38. The highest BCUT2D eigenvalue weighted by atomic mass is 79.9. The van der Waals surface area contributed by atoms with E-state index in [0.717, 1.165) is 4.90 Å². The van der Waals surface area contributed by atoms with Crippen molar-refractivity contribution in [3.05, 3.63) is 0 Å². The summed E-state index contributed by atoms with van der Waals surface area (Å²) in [5, 5.41) is 8.52. The highest BCUT2D eigenvalue weighted by molar-refractivity contribution is 5.71. The van der Waals surface area contributed by atoms with Gasteiger partial charge in [-0.05, 0) is 0 Å². The number of aliphatic carboxylic acids is 1. The number of halogens is 1. The van der Waals surface area contributed by atoms with Gasteiger partial charge < -0.3 is 27.0 Å². The number of carboxylic acid groups (broad SMARTS) is 1. The molecule has 0 aromatic heterocycles. The van der Waals surface area contributed by atoms with Gasteiger partial charge in [0.1, 0.15) is 0 Å². The summed E-state index contributed by atoms with van der Waals surface area (Å²) in [6, 6.07) is -0.245. The molecule has 0 aliphatic carbocycles. The smallest absolute Gasteiger partial charge is 0.362 e. The quantitative estimate of drug-likeness (QED) is 0.500. The molecular formula is C6H14BrNO2. The van der Waals surface area contributed by atoms with Gasteiger partial charge in [0.15, 0.2) is 6.04 Å². The monoisotopic (exact) mass is 211 g/mol. The van der Waals surface area contributed by atoms with Gasteiger partial charge in [0.2, 0.25) is 0 Å². The first-order valence-corrected chi connectivity index (χ1v) is 3.12. The molecule has 0 aromatic rings. The Hall–Kier alpha value is -0.0900. The van der Waals surface area contributed by atoms with Gasteiger partial charge in [-0.3, -0.25) is 0 Å². The van der Waals surface area contributed by atoms with Crippen molar-refractivity contribution >= 4 is 5.97 Å². The Morgan fingerprint density at radius 3 is 2.00 bits per heavy atom. The minimum atomic E-state index is -0.711. The van der Waals surface area contributed by atoms with Gasteiger partial charge in [-0.1, -0.05) is 6.92 Å². The molecule has 1 unspecified atom stereocenters. The second kappa shape index (κ2) is 5.68. The molecule has 3 nitrogen and oxygen atoms in total. The van der Waals surface area contributed by atoms with Gasteiger partial charge in [0, 0.05) is 6.42 Å². The molecule has 0 bridgehead atoms. The normalized spacial score (nSPS) is 12.4. The summed E-state index contributed by atoms with van der Waals surface area (Å²) >= 11 is 0. The lowest BCUT2D eigenvalue weighted by Gasteiger charge is -2.14. The van der Waals surface area contributed by atoms with Gasteiger partial charge in [-0.15, -0.1) is 0 Å². The lowest BCUT2D eigenvalue weighted by Crippen LogP contribution is -3.11. The van der Waals surface area contributed by atoms with E-state index in [1.807, 2.05) is 21.0 Å². The van der Waals surface area contributed by atoms with Crippen LogP contribution < -0.4 is 21.9 Å². The molecule has 0 aliphatic heterocycles. The summed E-state index contributed by atoms with van der Waals surface area (Å²) in [5.74, 6) is -0.711. The molecule has 0 saturated heterocycles. The Morgan fingerprint density at radius 2 is 2.00 bits per heavy atom. The van der Waals surface area contributed by atoms with Crippen molar-refractivity contribution < 1.29 is 31.8 Å². The first-order valence-electron chi connectivity index (χ1n) is 3.12. The van der Waals surface area contributed by atoms with Crippen LogP contribution in [0.25, 0.3) is 0 Å². The zero-order valence-corrected chi connectivity index (χ0v) is 8.10. The molecule has 2 N–H and O–H groups in total. The fourth-order valence-corrected chi connectivity index (χ4v) is 0.830. The standard InChI is InChI=1S/C6H13NO2.BrH/c1-4-5(6(8)9)7(2)3;/h5H,4H2,1-3H3,(H,8,9);1H. The number of nitrogens with one attached hydrogen (secondary N) is 1. The lowest BCUT2D eigenvalue weighted by atomic mass is 10.2. The molecule has 0 amide bonds. The molecule has 0 radical (unpaired) electrons. The Balaban J connectivity index is 0. The molecule has 10 heavy (non-hydrogen) atoms. The summed E-state index contributed by atoms with van der Waals surface area (Å²) in [6.45, 7) is 1.88. The summed E-state index contributed by atoms with van der Waals surface area (Å²) in [7, 11) is 3.70. The summed E-state index contributed by atoms with van der Waals surface area (Å²) in [4.78, 5) is 11.3. The van der Waals surface area contributed by atoms with Crippen molar-refractivity contribution in [2.75, 3.05) is 14.1 Å². The average molecular weight is 212 g/mol. The number of carbonyl (C=O) groups is 1. The van der Waals surface area contributed by atoms with E-state index in [2.05, 4.69) is 0 Å². The molecule has 0 fully saturated rings. The number of likely N-dealkylation sites (N-methyl/N-ethyl adjacent to an activating group) is 1. The topological polar surface area (TPSA) is 41.7 Å². The van der Waals surface area contributed by atoms with Crippen molar-refractivity contribution in [3.63, 3.8) is 0 Å². The minimum absolute atomic E-state index is 0. The summed E-state index contributed by atoms with van der Waals surface area (Å²) < 4.78 is 0. The van der Waals surface area contributed by atoms with E-state index in [0.29, 0.717) is 6.42 Å². The first-order chi connectivity index (χ1) is 4.09. The first kappa shape index (κ1) is 12.6. The number of rotatable bonds is 3. The molecule has 0 aromatic carbocycles. The Bertz CT molecular complexity index is 106. The zero-order valence-electron chi connectivity index (χ0n) is 6.52. The minimum Gasteiger partial charge on any atom is -1.00 e. The third-order valence-corrected chi connectivity index (χ3v) is 1.40. The van der Waals surface area contributed by atoms with Crippen LogP contribution >= 0.6 is 0 Å². The van der Waals surface area contributed by atoms with Crippen LogP contribution in [-0.2, 0) is 4.79 Å². The van der Waals surface area contributed by atoms with E-state index in [-0.39, 0.29) is 23.0 Å². The largest absolute Gasteiger partial charge is 1.00 e. The van der Waals surface area contributed by atoms with E-state index in [4.69, 9.17) is 5.11 Å². The number of hydrogen-bond donors (Lipinski definition) is 2. The molecule has 4 heteroatoms. The lowest BCUT2D eigenvalue weighted by molar-refractivity contribution is -0.876. The molecular weight excluding hydrogens is 198 g/mol. The van der Waals surface area contributed by atoms with Crippen molar-refractivity contribution in [1.29, 1.82) is 0 Å². The molecule has 0 spiro atoms. The van der Waals surface area contributed by atoms with Crippen LogP contribution in [0.1, 0.15) is 13.3 Å². The molecule has 0 heterocycles. The predicted octanol–water partition coefficient (Wildman–Crippen LogP) is -4.00. The summed E-state index contributed by atoms with van der Waals surface area (Å²) in [5.41, 5.74) is 0. The number of carboxylic acids is 1. The fraction of sp³-hybridized carbons (Fsp3) is 0.833. The maximum absolute atomic E-state index is 10.4. The highest BCUT2D eigenvalue weighted by Crippen LogP contribution is 1.82. The van der Waals surface area contributed by atoms with Crippen LogP contribution in [0.2, 0.25) is 0 Å². The highest BCUT2D eigenvalue weighted by Gasteiger charge is 2.20. The fourth-order valence-electron chi connectivity index (χ4n) is 0.830. The Kier molecular flexibility index (Phi) is 7.14. The van der Waals surface area contributed by atoms with E-state index < -0.39 is 5.97 Å². The zero-order chi connectivity index (χ0) is 7.44. The third-order valence-electron chi connectivity index (χ3n) is 1.40. The molecule has 0 rings (SSSR count). The Morgan fingerprint density at radius 1 is 1.60 bits per heavy atom. The molecule has 1 atom stereocenters. The number of quaternary nitrogens is 1. The SMILES string of the molecule is CCC(C(=O)O)[NH+](C)C.[Br-]. The van der Waals surface area contributed by atoms with Crippen LogP contribution in [0.3, 0.4) is 0 Å². The van der Waals surface area contributed by atoms with Crippen LogP contribution in [0.15, 0.2) is 0 Å². The predicted molar refractivity (Wildman–Crippen MR) is 34.5 cm³/mol. The van der Waals surface area contributed by atoms with Gasteiger partial charge in [0.25, 0.3) is 0 Å². The van der Waals surface area contributed by atoms with E-state index in [1.54, 1.807) is 0 Å². The van der Waals surface area contributed by atoms with Gasteiger partial charge >= 0.3 is 5.97 Å². The van der Waals surface area contributed by atoms with Crippen LogP contribution in [-0.4, -0.2) is 31.2 Å². The molecule has 0 aliphatic rings. The average Bonchev–Trinajstić information content (AvgIpc) is 1.64. The molecule has 62 valence electrons. The van der Waals surface area contributed by atoms with Crippen molar-refractivity contribution in [2.45, 2.75) is 19.4 Å². The van der Waals surface area contributed by atoms with Gasteiger partial charge in [-0.2, -0.15) is 0 Å². The van der Waals surface area contributed by atoms with E-state index in [1.165, 1.54) is 0 Å². The molecule has 0 saturated carbocycles. The second-order valence-corrected chi connectivity index (χ2v) is 2.38. The van der Waals surface area contributed by atoms with Gasteiger partial charge in [0.05, 0.1) is 14.1 Å². The third kappa shape index (κ3) is 3.85. The maximum Gasteiger partial charge on any atom is 0.362 e. The number of hydrogen-bond acceptors (Lipinski definition) is 1. The van der Waals surface area contributed by atoms with E-state index in [9.17, 15) is 4.79 Å². The van der Waals surface area contributed by atoms with Crippen LogP contribution in [0, 0.1) is 0 Å². The maximum atomic E-state index is 10.4. The van der Waals surface area contributed by atoms with Crippen molar-refractivity contribution in [2.24, 2.45) is 0 Å². The van der Waals surface area contributed by atoms with Gasteiger partial charge in [-0.25, -0.2) is 4.79 Å². The Labute approximate surface area is 71.8 Å². The van der Waals surface area contributed by atoms with Crippen LogP contribution in [0.5, 0.6) is 0 Å². The van der Waals surface area contributed by atoms with E-state index >= 15 is 0 Å².